The zero-order valence-electron chi connectivity index (χ0n) is 12.5. The van der Waals surface area contributed by atoms with Crippen LogP contribution < -0.4 is 0 Å². The summed E-state index contributed by atoms with van der Waals surface area (Å²) in [5.41, 5.74) is 5.55. The summed E-state index contributed by atoms with van der Waals surface area (Å²) in [7, 11) is 0. The lowest BCUT2D eigenvalue weighted by Gasteiger charge is -2.06. The van der Waals surface area contributed by atoms with Crippen LogP contribution in [0.4, 0.5) is 0 Å². The van der Waals surface area contributed by atoms with E-state index in [0.29, 0.717) is 5.92 Å². The molecular weight excluding hydrogens is 294 g/mol. The van der Waals surface area contributed by atoms with Gasteiger partial charge in [0, 0.05) is 39.6 Å². The topological polar surface area (TPSA) is 33.1 Å². The summed E-state index contributed by atoms with van der Waals surface area (Å²) in [6.45, 7) is 4.36. The monoisotopic (exact) mass is 309 g/mol. The highest BCUT2D eigenvalue weighted by Crippen LogP contribution is 2.33. The molecule has 0 spiro atoms. The number of benzene rings is 1. The fourth-order valence-electron chi connectivity index (χ4n) is 2.80. The Kier molecular flexibility index (Phi) is 2.98. The van der Waals surface area contributed by atoms with E-state index in [9.17, 15) is 0 Å². The van der Waals surface area contributed by atoms with Crippen molar-refractivity contribution in [3.63, 3.8) is 0 Å². The van der Waals surface area contributed by atoms with E-state index >= 15 is 0 Å². The van der Waals surface area contributed by atoms with E-state index in [0.717, 1.165) is 32.6 Å². The normalized spacial score (nSPS) is 11.8. The Hall–Kier alpha value is -2.26. The van der Waals surface area contributed by atoms with Crippen LogP contribution in [-0.2, 0) is 0 Å². The van der Waals surface area contributed by atoms with E-state index in [-0.39, 0.29) is 0 Å². The minimum Gasteiger partial charge on any atom is -0.358 e. The number of halogens is 1. The second-order valence-corrected chi connectivity index (χ2v) is 6.32. The van der Waals surface area contributed by atoms with Gasteiger partial charge in [-0.1, -0.05) is 25.4 Å². The minimum atomic E-state index is 0.470. The van der Waals surface area contributed by atoms with Crippen molar-refractivity contribution in [2.24, 2.45) is 0 Å². The number of aromatic nitrogens is 3. The molecule has 0 unspecified atom stereocenters. The predicted molar refractivity (Wildman–Crippen MR) is 91.6 cm³/mol. The summed E-state index contributed by atoms with van der Waals surface area (Å²) in [6.07, 6.45) is 3.75. The number of fused-ring (bicyclic) bond motifs is 2. The lowest BCUT2D eigenvalue weighted by molar-refractivity contribution is 0.836. The zero-order chi connectivity index (χ0) is 15.3. The Labute approximate surface area is 133 Å². The van der Waals surface area contributed by atoms with Crippen LogP contribution in [0.15, 0.2) is 48.8 Å². The number of nitrogens with zero attached hydrogens (tertiary/aromatic N) is 2. The minimum absolute atomic E-state index is 0.470. The third-order valence-corrected chi connectivity index (χ3v) is 4.37. The maximum Gasteiger partial charge on any atom is 0.0667 e. The van der Waals surface area contributed by atoms with Crippen molar-refractivity contribution in [2.45, 2.75) is 19.8 Å². The van der Waals surface area contributed by atoms with E-state index in [2.05, 4.69) is 42.1 Å². The van der Waals surface area contributed by atoms with Crippen molar-refractivity contribution in [1.29, 1.82) is 0 Å². The molecule has 0 saturated carbocycles. The van der Waals surface area contributed by atoms with Crippen LogP contribution in [0.1, 0.15) is 25.5 Å². The maximum absolute atomic E-state index is 6.52. The number of hydrogen-bond donors (Lipinski definition) is 1. The van der Waals surface area contributed by atoms with Gasteiger partial charge in [0.2, 0.25) is 0 Å². The average molecular weight is 310 g/mol. The van der Waals surface area contributed by atoms with Gasteiger partial charge >= 0.3 is 0 Å². The van der Waals surface area contributed by atoms with Gasteiger partial charge in [-0.25, -0.2) is 4.52 Å². The Morgan fingerprint density at radius 3 is 2.82 bits per heavy atom. The van der Waals surface area contributed by atoms with Gasteiger partial charge in [0.15, 0.2) is 0 Å². The van der Waals surface area contributed by atoms with Crippen molar-refractivity contribution in [1.82, 2.24) is 14.6 Å². The van der Waals surface area contributed by atoms with E-state index in [4.69, 9.17) is 11.6 Å². The lowest BCUT2D eigenvalue weighted by atomic mass is 10.0. The van der Waals surface area contributed by atoms with Crippen molar-refractivity contribution in [3.05, 3.63) is 59.5 Å². The second kappa shape index (κ2) is 4.89. The average Bonchev–Trinajstić information content (AvgIpc) is 3.11. The lowest BCUT2D eigenvalue weighted by Crippen LogP contribution is -1.87. The molecular formula is C18H16ClN3. The molecule has 4 aromatic rings. The molecule has 0 atom stereocenters. The Morgan fingerprint density at radius 1 is 1.14 bits per heavy atom. The molecule has 0 aliphatic carbocycles. The molecule has 0 radical (unpaired) electrons. The highest BCUT2D eigenvalue weighted by atomic mass is 35.5. The molecule has 0 amide bonds. The van der Waals surface area contributed by atoms with Crippen molar-refractivity contribution in [3.8, 4) is 11.1 Å². The van der Waals surface area contributed by atoms with Crippen molar-refractivity contribution < 1.29 is 0 Å². The molecule has 0 aliphatic heterocycles. The number of H-pyrrole nitrogens is 1. The third kappa shape index (κ3) is 2.09. The summed E-state index contributed by atoms with van der Waals surface area (Å²) in [4.78, 5) is 3.49. The molecule has 22 heavy (non-hydrogen) atoms. The highest BCUT2D eigenvalue weighted by molar-refractivity contribution is 6.34. The van der Waals surface area contributed by atoms with Crippen LogP contribution in [0.3, 0.4) is 0 Å². The molecule has 3 aromatic heterocycles. The van der Waals surface area contributed by atoms with Crippen LogP contribution in [0, 0.1) is 0 Å². The number of pyridine rings is 1. The second-order valence-electron chi connectivity index (χ2n) is 5.91. The SMILES string of the molecule is CC(C)c1cc2cc(Cl)c(-c3ccn4nccc4c3)cc2[nH]1. The molecule has 4 rings (SSSR count). The molecule has 0 fully saturated rings. The summed E-state index contributed by atoms with van der Waals surface area (Å²) < 4.78 is 1.85. The molecule has 0 saturated heterocycles. The third-order valence-electron chi connectivity index (χ3n) is 4.06. The fourth-order valence-corrected chi connectivity index (χ4v) is 3.08. The smallest absolute Gasteiger partial charge is 0.0667 e. The zero-order valence-corrected chi connectivity index (χ0v) is 13.2. The number of aromatic amines is 1. The van der Waals surface area contributed by atoms with Gasteiger partial charge in [-0.2, -0.15) is 5.10 Å². The van der Waals surface area contributed by atoms with Crippen molar-refractivity contribution in [2.75, 3.05) is 0 Å². The van der Waals surface area contributed by atoms with Gasteiger partial charge in [-0.05, 0) is 47.9 Å². The quantitative estimate of drug-likeness (QED) is 0.538. The van der Waals surface area contributed by atoms with Crippen LogP contribution >= 0.6 is 11.6 Å². The number of nitrogens with one attached hydrogen (secondary N) is 1. The number of hydrogen-bond acceptors (Lipinski definition) is 1. The van der Waals surface area contributed by atoms with Gasteiger partial charge in [0.05, 0.1) is 5.52 Å². The van der Waals surface area contributed by atoms with Gasteiger partial charge in [0.1, 0.15) is 0 Å². The Morgan fingerprint density at radius 2 is 2.00 bits per heavy atom. The molecule has 3 heterocycles. The van der Waals surface area contributed by atoms with Crippen molar-refractivity contribution >= 4 is 28.0 Å². The van der Waals surface area contributed by atoms with Gasteiger partial charge in [0.25, 0.3) is 0 Å². The van der Waals surface area contributed by atoms with Crippen LogP contribution in [-0.4, -0.2) is 14.6 Å². The van der Waals surface area contributed by atoms with Gasteiger partial charge in [-0.3, -0.25) is 0 Å². The van der Waals surface area contributed by atoms with Crippen LogP contribution in [0.5, 0.6) is 0 Å². The molecule has 1 N–H and O–H groups in total. The molecule has 0 aliphatic rings. The van der Waals surface area contributed by atoms with Gasteiger partial charge in [-0.15, -0.1) is 0 Å². The molecule has 110 valence electrons. The summed E-state index contributed by atoms with van der Waals surface area (Å²) in [5.74, 6) is 0.470. The van der Waals surface area contributed by atoms with E-state index in [1.807, 2.05) is 28.9 Å². The molecule has 0 bridgehead atoms. The Bertz CT molecular complexity index is 979. The van der Waals surface area contributed by atoms with Crippen LogP contribution in [0.25, 0.3) is 27.5 Å². The Balaban J connectivity index is 1.91. The largest absolute Gasteiger partial charge is 0.358 e. The summed E-state index contributed by atoms with van der Waals surface area (Å²) in [5, 5.41) is 6.15. The first-order chi connectivity index (χ1) is 10.6. The predicted octanol–water partition coefficient (Wildman–Crippen LogP) is 5.26. The maximum atomic E-state index is 6.52. The van der Waals surface area contributed by atoms with E-state index < -0.39 is 0 Å². The first-order valence-corrected chi connectivity index (χ1v) is 7.75. The van der Waals surface area contributed by atoms with E-state index in [1.165, 1.54) is 5.69 Å². The number of rotatable bonds is 2. The summed E-state index contributed by atoms with van der Waals surface area (Å²) in [6, 6.07) is 12.5. The first-order valence-electron chi connectivity index (χ1n) is 7.38. The first kappa shape index (κ1) is 13.4. The highest BCUT2D eigenvalue weighted by Gasteiger charge is 2.10. The molecule has 4 heteroatoms. The van der Waals surface area contributed by atoms with Gasteiger partial charge < -0.3 is 4.98 Å². The summed E-state index contributed by atoms with van der Waals surface area (Å²) >= 11 is 6.52. The standard InChI is InChI=1S/C18H16ClN3/c1-11(2)17-9-13-8-16(19)15(10-18(13)21-17)12-4-6-22-14(7-12)3-5-20-22/h3-11,21H,1-2H3. The molecule has 1 aromatic carbocycles. The fraction of sp³-hybridized carbons (Fsp3) is 0.167. The molecule has 3 nitrogen and oxygen atoms in total. The van der Waals surface area contributed by atoms with E-state index in [1.54, 1.807) is 6.20 Å². The van der Waals surface area contributed by atoms with Crippen LogP contribution in [0.2, 0.25) is 5.02 Å².